The van der Waals surface area contributed by atoms with E-state index in [0.717, 1.165) is 22.6 Å². The Labute approximate surface area is 152 Å². The number of carbonyl (C=O) groups is 1. The summed E-state index contributed by atoms with van der Waals surface area (Å²) in [5.41, 5.74) is 4.10. The molecule has 0 spiro atoms. The van der Waals surface area contributed by atoms with Crippen molar-refractivity contribution in [3.05, 3.63) is 71.9 Å². The Balaban J connectivity index is 1.65. The zero-order chi connectivity index (χ0) is 18.5. The number of aromatic nitrogens is 2. The van der Waals surface area contributed by atoms with Crippen molar-refractivity contribution in [3.8, 4) is 0 Å². The van der Waals surface area contributed by atoms with Gasteiger partial charge in [-0.15, -0.1) is 10.2 Å². The van der Waals surface area contributed by atoms with Crippen molar-refractivity contribution in [1.29, 1.82) is 0 Å². The predicted molar refractivity (Wildman–Crippen MR) is 105 cm³/mol. The number of anilines is 4. The summed E-state index contributed by atoms with van der Waals surface area (Å²) in [4.78, 5) is 14.3. The third kappa shape index (κ3) is 4.36. The second kappa shape index (κ2) is 7.65. The second-order valence-corrected chi connectivity index (χ2v) is 6.19. The molecule has 0 aliphatic carbocycles. The van der Waals surface area contributed by atoms with E-state index in [0.29, 0.717) is 5.82 Å². The van der Waals surface area contributed by atoms with Crippen LogP contribution < -0.4 is 15.5 Å². The first-order chi connectivity index (χ1) is 12.5. The fourth-order valence-corrected chi connectivity index (χ4v) is 2.43. The Kier molecular flexibility index (Phi) is 5.12. The molecule has 0 aliphatic rings. The van der Waals surface area contributed by atoms with E-state index in [1.807, 2.05) is 74.4 Å². The molecule has 0 unspecified atom stereocenters. The SMILES string of the molecule is Cc1cccc(NC(=O)c2ccc(Nc3ccc(N(C)C)cc3)nn2)c1. The van der Waals surface area contributed by atoms with Crippen LogP contribution in [0, 0.1) is 6.92 Å². The van der Waals surface area contributed by atoms with Crippen LogP contribution in [-0.2, 0) is 0 Å². The summed E-state index contributed by atoms with van der Waals surface area (Å²) in [6.07, 6.45) is 0. The van der Waals surface area contributed by atoms with E-state index in [4.69, 9.17) is 0 Å². The molecule has 132 valence electrons. The average molecular weight is 347 g/mol. The number of aryl methyl sites for hydroxylation is 1. The van der Waals surface area contributed by atoms with Crippen LogP contribution in [0.2, 0.25) is 0 Å². The first-order valence-electron chi connectivity index (χ1n) is 8.27. The van der Waals surface area contributed by atoms with Gasteiger partial charge in [-0.05, 0) is 61.0 Å². The monoisotopic (exact) mass is 347 g/mol. The van der Waals surface area contributed by atoms with E-state index in [9.17, 15) is 4.79 Å². The van der Waals surface area contributed by atoms with Crippen LogP contribution in [-0.4, -0.2) is 30.2 Å². The van der Waals surface area contributed by atoms with Crippen molar-refractivity contribution in [1.82, 2.24) is 10.2 Å². The van der Waals surface area contributed by atoms with Gasteiger partial charge in [0, 0.05) is 31.2 Å². The van der Waals surface area contributed by atoms with Crippen molar-refractivity contribution in [2.45, 2.75) is 6.92 Å². The highest BCUT2D eigenvalue weighted by Crippen LogP contribution is 2.19. The summed E-state index contributed by atoms with van der Waals surface area (Å²) < 4.78 is 0. The lowest BCUT2D eigenvalue weighted by atomic mass is 10.2. The molecule has 0 bridgehead atoms. The Bertz CT molecular complexity index is 889. The molecule has 6 nitrogen and oxygen atoms in total. The lowest BCUT2D eigenvalue weighted by Crippen LogP contribution is -2.14. The van der Waals surface area contributed by atoms with Gasteiger partial charge in [0.2, 0.25) is 0 Å². The topological polar surface area (TPSA) is 70.2 Å². The summed E-state index contributed by atoms with van der Waals surface area (Å²) in [6.45, 7) is 1.97. The first-order valence-corrected chi connectivity index (χ1v) is 8.27. The smallest absolute Gasteiger partial charge is 0.276 e. The van der Waals surface area contributed by atoms with Gasteiger partial charge in [-0.2, -0.15) is 0 Å². The molecule has 2 aromatic carbocycles. The average Bonchev–Trinajstić information content (AvgIpc) is 2.63. The maximum absolute atomic E-state index is 12.3. The van der Waals surface area contributed by atoms with Gasteiger partial charge in [0.25, 0.3) is 5.91 Å². The lowest BCUT2D eigenvalue weighted by molar-refractivity contribution is 0.102. The molecule has 1 amide bonds. The number of amides is 1. The summed E-state index contributed by atoms with van der Waals surface area (Å²) in [5.74, 6) is 0.291. The van der Waals surface area contributed by atoms with Crippen LogP contribution in [0.25, 0.3) is 0 Å². The zero-order valence-corrected chi connectivity index (χ0v) is 15.0. The first kappa shape index (κ1) is 17.4. The third-order valence-electron chi connectivity index (χ3n) is 3.83. The minimum atomic E-state index is -0.287. The normalized spacial score (nSPS) is 10.3. The molecule has 0 saturated heterocycles. The molecule has 2 N–H and O–H groups in total. The Morgan fingerprint density at radius 1 is 0.923 bits per heavy atom. The molecule has 0 saturated carbocycles. The lowest BCUT2D eigenvalue weighted by Gasteiger charge is -2.13. The standard InChI is InChI=1S/C20H21N5O/c1-14-5-4-6-16(13-14)22-20(26)18-11-12-19(24-23-18)21-15-7-9-17(10-8-15)25(2)3/h4-13H,1-3H3,(H,21,24)(H,22,26). The maximum Gasteiger partial charge on any atom is 0.276 e. The molecule has 0 radical (unpaired) electrons. The summed E-state index contributed by atoms with van der Waals surface area (Å²) in [6, 6.07) is 19.0. The molecule has 1 heterocycles. The molecule has 0 aliphatic heterocycles. The number of carbonyl (C=O) groups excluding carboxylic acids is 1. The number of nitrogens with one attached hydrogen (secondary N) is 2. The molecular weight excluding hydrogens is 326 g/mol. The molecule has 0 fully saturated rings. The fraction of sp³-hybridized carbons (Fsp3) is 0.150. The van der Waals surface area contributed by atoms with Crippen LogP contribution >= 0.6 is 0 Å². The van der Waals surface area contributed by atoms with Crippen molar-refractivity contribution in [2.75, 3.05) is 29.6 Å². The largest absolute Gasteiger partial charge is 0.378 e. The molecule has 3 aromatic rings. The van der Waals surface area contributed by atoms with E-state index >= 15 is 0 Å². The van der Waals surface area contributed by atoms with Gasteiger partial charge in [-0.3, -0.25) is 4.79 Å². The van der Waals surface area contributed by atoms with E-state index in [-0.39, 0.29) is 11.6 Å². The minimum Gasteiger partial charge on any atom is -0.378 e. The summed E-state index contributed by atoms with van der Waals surface area (Å²) >= 11 is 0. The number of nitrogens with zero attached hydrogens (tertiary/aromatic N) is 3. The number of hydrogen-bond donors (Lipinski definition) is 2. The van der Waals surface area contributed by atoms with Crippen molar-refractivity contribution in [3.63, 3.8) is 0 Å². The highest BCUT2D eigenvalue weighted by molar-refractivity contribution is 6.02. The number of rotatable bonds is 5. The Morgan fingerprint density at radius 3 is 2.31 bits per heavy atom. The molecule has 26 heavy (non-hydrogen) atoms. The van der Waals surface area contributed by atoms with Gasteiger partial charge in [-0.1, -0.05) is 12.1 Å². The minimum absolute atomic E-state index is 0.264. The van der Waals surface area contributed by atoms with Gasteiger partial charge in [0.15, 0.2) is 11.5 Å². The van der Waals surface area contributed by atoms with Crippen LogP contribution in [0.15, 0.2) is 60.7 Å². The van der Waals surface area contributed by atoms with Crippen LogP contribution in [0.4, 0.5) is 22.9 Å². The van der Waals surface area contributed by atoms with Crippen molar-refractivity contribution in [2.24, 2.45) is 0 Å². The quantitative estimate of drug-likeness (QED) is 0.734. The van der Waals surface area contributed by atoms with Crippen molar-refractivity contribution < 1.29 is 4.79 Å². The maximum atomic E-state index is 12.3. The molecule has 6 heteroatoms. The third-order valence-corrected chi connectivity index (χ3v) is 3.83. The fourth-order valence-electron chi connectivity index (χ4n) is 2.43. The Morgan fingerprint density at radius 2 is 1.69 bits per heavy atom. The van der Waals surface area contributed by atoms with E-state index in [2.05, 4.69) is 20.8 Å². The van der Waals surface area contributed by atoms with Crippen molar-refractivity contribution >= 4 is 28.8 Å². The van der Waals surface area contributed by atoms with Gasteiger partial charge in [0.05, 0.1) is 0 Å². The van der Waals surface area contributed by atoms with Gasteiger partial charge >= 0.3 is 0 Å². The van der Waals surface area contributed by atoms with Gasteiger partial charge in [-0.25, -0.2) is 0 Å². The van der Waals surface area contributed by atoms with Gasteiger partial charge in [0.1, 0.15) is 0 Å². The van der Waals surface area contributed by atoms with Crippen LogP contribution in [0.5, 0.6) is 0 Å². The van der Waals surface area contributed by atoms with Gasteiger partial charge < -0.3 is 15.5 Å². The highest BCUT2D eigenvalue weighted by Gasteiger charge is 2.09. The zero-order valence-electron chi connectivity index (χ0n) is 15.0. The molecular formula is C20H21N5O. The second-order valence-electron chi connectivity index (χ2n) is 6.19. The highest BCUT2D eigenvalue weighted by atomic mass is 16.1. The Hall–Kier alpha value is -3.41. The molecule has 0 atom stereocenters. The van der Waals surface area contributed by atoms with E-state index in [1.54, 1.807) is 12.1 Å². The van der Waals surface area contributed by atoms with Crippen LogP contribution in [0.1, 0.15) is 16.1 Å². The van der Waals surface area contributed by atoms with Crippen LogP contribution in [0.3, 0.4) is 0 Å². The molecule has 1 aromatic heterocycles. The molecule has 3 rings (SSSR count). The predicted octanol–water partition coefficient (Wildman–Crippen LogP) is 3.85. The summed E-state index contributed by atoms with van der Waals surface area (Å²) in [7, 11) is 3.99. The number of hydrogen-bond acceptors (Lipinski definition) is 5. The van der Waals surface area contributed by atoms with E-state index < -0.39 is 0 Å². The summed E-state index contributed by atoms with van der Waals surface area (Å²) in [5, 5.41) is 14.1. The number of benzene rings is 2. The van der Waals surface area contributed by atoms with E-state index in [1.165, 1.54) is 0 Å².